The number of hydrogen-bond donors (Lipinski definition) is 3. The third-order valence-electron chi connectivity index (χ3n) is 8.77. The molecule has 2 unspecified atom stereocenters. The number of hydrazine groups is 1. The number of likely N-dealkylation sites (N-methyl/N-ethyl adjacent to an activating group) is 1. The second-order valence-corrected chi connectivity index (χ2v) is 12.0. The quantitative estimate of drug-likeness (QED) is 0.128. The molecule has 1 aromatic rings. The summed E-state index contributed by atoms with van der Waals surface area (Å²) in [5.74, 6) is 0.223. The van der Waals surface area contributed by atoms with Crippen molar-refractivity contribution in [3.05, 3.63) is 71.0 Å². The van der Waals surface area contributed by atoms with Gasteiger partial charge in [-0.2, -0.15) is 0 Å². The molecule has 8 nitrogen and oxygen atoms in total. The SMILES string of the molecule is CCCN(CC)CCNCC(/C=N\C)=C/C=C/CNc1ncc(F)c(/C2=C/CC3=C(C4CCCCC4)N(C)NC3C(F)C=C2)n1. The largest absolute Gasteiger partial charge is 0.351 e. The average Bonchev–Trinajstić information content (AvgIpc) is 3.37. The Morgan fingerprint density at radius 2 is 2.04 bits per heavy atom. The van der Waals surface area contributed by atoms with Gasteiger partial charge in [0.2, 0.25) is 5.95 Å². The minimum absolute atomic E-state index is 0.172. The van der Waals surface area contributed by atoms with E-state index in [4.69, 9.17) is 0 Å². The molecule has 3 N–H and O–H groups in total. The van der Waals surface area contributed by atoms with Crippen molar-refractivity contribution in [2.24, 2.45) is 10.9 Å². The molecule has 1 saturated carbocycles. The molecule has 0 amide bonds. The first-order valence-corrected chi connectivity index (χ1v) is 16.7. The Hall–Kier alpha value is -3.21. The van der Waals surface area contributed by atoms with E-state index in [0.717, 1.165) is 63.1 Å². The van der Waals surface area contributed by atoms with Crippen molar-refractivity contribution in [1.82, 2.24) is 30.6 Å². The third kappa shape index (κ3) is 9.89. The summed E-state index contributed by atoms with van der Waals surface area (Å²) < 4.78 is 30.5. The predicted octanol–water partition coefficient (Wildman–Crippen LogP) is 5.87. The predicted molar refractivity (Wildman–Crippen MR) is 182 cm³/mol. The molecule has 0 bridgehead atoms. The van der Waals surface area contributed by atoms with E-state index in [-0.39, 0.29) is 5.69 Å². The van der Waals surface area contributed by atoms with Gasteiger partial charge in [0.25, 0.3) is 0 Å². The molecule has 45 heavy (non-hydrogen) atoms. The average molecular weight is 623 g/mol. The molecule has 246 valence electrons. The molecule has 3 aliphatic rings. The highest BCUT2D eigenvalue weighted by atomic mass is 19.1. The summed E-state index contributed by atoms with van der Waals surface area (Å²) in [6.07, 6.45) is 20.5. The maximum atomic E-state index is 15.5. The first-order valence-electron chi connectivity index (χ1n) is 16.7. The Kier molecular flexibility index (Phi) is 13.9. The van der Waals surface area contributed by atoms with Crippen LogP contribution in [0.5, 0.6) is 0 Å². The lowest BCUT2D eigenvalue weighted by Gasteiger charge is -2.28. The second-order valence-electron chi connectivity index (χ2n) is 12.0. The minimum atomic E-state index is -1.22. The van der Waals surface area contributed by atoms with Gasteiger partial charge in [0.1, 0.15) is 11.9 Å². The lowest BCUT2D eigenvalue weighted by molar-refractivity contribution is 0.221. The molecule has 1 aliphatic heterocycles. The van der Waals surface area contributed by atoms with Crippen LogP contribution in [0.4, 0.5) is 14.7 Å². The summed E-state index contributed by atoms with van der Waals surface area (Å²) in [7, 11) is 3.75. The molecule has 2 atom stereocenters. The van der Waals surface area contributed by atoms with E-state index in [9.17, 15) is 0 Å². The molecule has 2 heterocycles. The van der Waals surface area contributed by atoms with Crippen LogP contribution in [0.1, 0.15) is 64.5 Å². The van der Waals surface area contributed by atoms with Crippen LogP contribution < -0.4 is 16.1 Å². The maximum absolute atomic E-state index is 15.5. The van der Waals surface area contributed by atoms with Crippen molar-refractivity contribution in [3.8, 4) is 0 Å². The fourth-order valence-corrected chi connectivity index (χ4v) is 6.50. The number of anilines is 1. The number of alkyl halides is 1. The first kappa shape index (κ1) is 34.7. The van der Waals surface area contributed by atoms with Crippen molar-refractivity contribution >= 4 is 17.7 Å². The summed E-state index contributed by atoms with van der Waals surface area (Å²) in [5, 5.41) is 8.68. The van der Waals surface area contributed by atoms with Crippen LogP contribution in [-0.4, -0.2) is 91.7 Å². The van der Waals surface area contributed by atoms with Gasteiger partial charge in [0, 0.05) is 58.1 Å². The number of nitrogens with one attached hydrogen (secondary N) is 3. The Labute approximate surface area is 268 Å². The molecule has 10 heteroatoms. The van der Waals surface area contributed by atoms with Gasteiger partial charge in [0.15, 0.2) is 5.82 Å². The fraction of sp³-hybridized carbons (Fsp3) is 0.571. The maximum Gasteiger partial charge on any atom is 0.223 e. The summed E-state index contributed by atoms with van der Waals surface area (Å²) in [6.45, 7) is 9.72. The molecule has 0 saturated heterocycles. The minimum Gasteiger partial charge on any atom is -0.351 e. The summed E-state index contributed by atoms with van der Waals surface area (Å²) in [6, 6.07) is -0.397. The van der Waals surface area contributed by atoms with Crippen LogP contribution in [0.2, 0.25) is 0 Å². The highest BCUT2D eigenvalue weighted by Crippen LogP contribution is 2.39. The number of halogens is 2. The first-order chi connectivity index (χ1) is 21.9. The number of rotatable bonds is 15. The van der Waals surface area contributed by atoms with Gasteiger partial charge < -0.3 is 20.5 Å². The molecule has 1 fully saturated rings. The number of nitrogens with zero attached hydrogens (tertiary/aromatic N) is 5. The molecule has 0 aromatic carbocycles. The van der Waals surface area contributed by atoms with E-state index in [2.05, 4.69) is 49.8 Å². The normalized spacial score (nSPS) is 22.8. The van der Waals surface area contributed by atoms with Crippen LogP contribution in [0, 0.1) is 11.7 Å². The Morgan fingerprint density at radius 3 is 2.80 bits per heavy atom. The highest BCUT2D eigenvalue weighted by Gasteiger charge is 2.37. The topological polar surface area (TPSA) is 80.7 Å². The number of allylic oxidation sites excluding steroid dienone is 6. The molecule has 1 aromatic heterocycles. The van der Waals surface area contributed by atoms with Gasteiger partial charge in [-0.3, -0.25) is 4.99 Å². The third-order valence-corrected chi connectivity index (χ3v) is 8.77. The number of aromatic nitrogens is 2. The number of aliphatic imine (C=N–C) groups is 1. The van der Waals surface area contributed by atoms with Crippen molar-refractivity contribution in [1.29, 1.82) is 0 Å². The van der Waals surface area contributed by atoms with Crippen molar-refractivity contribution in [3.63, 3.8) is 0 Å². The van der Waals surface area contributed by atoms with Crippen LogP contribution in [-0.2, 0) is 0 Å². The van der Waals surface area contributed by atoms with Crippen LogP contribution in [0.3, 0.4) is 0 Å². The van der Waals surface area contributed by atoms with E-state index in [1.165, 1.54) is 37.2 Å². The molecule has 0 spiro atoms. The van der Waals surface area contributed by atoms with E-state index in [1.54, 1.807) is 13.1 Å². The molecule has 4 rings (SSSR count). The van der Waals surface area contributed by atoms with Crippen LogP contribution >= 0.6 is 0 Å². The summed E-state index contributed by atoms with van der Waals surface area (Å²) in [5.41, 5.74) is 7.42. The Balaban J connectivity index is 1.38. The lowest BCUT2D eigenvalue weighted by Crippen LogP contribution is -2.40. The second kappa shape index (κ2) is 18.1. The van der Waals surface area contributed by atoms with E-state index in [1.807, 2.05) is 42.6 Å². The van der Waals surface area contributed by atoms with Crippen molar-refractivity contribution in [2.45, 2.75) is 71.0 Å². The Bertz CT molecular complexity index is 1280. The van der Waals surface area contributed by atoms with Gasteiger partial charge >= 0.3 is 0 Å². The molecule has 2 aliphatic carbocycles. The van der Waals surface area contributed by atoms with E-state index in [0.29, 0.717) is 30.4 Å². The van der Waals surface area contributed by atoms with E-state index < -0.39 is 18.0 Å². The van der Waals surface area contributed by atoms with Crippen LogP contribution in [0.25, 0.3) is 5.57 Å². The highest BCUT2D eigenvalue weighted by molar-refractivity contribution is 5.79. The lowest BCUT2D eigenvalue weighted by atomic mass is 9.83. The molecular weight excluding hydrogens is 570 g/mol. The molecule has 0 radical (unpaired) electrons. The van der Waals surface area contributed by atoms with Gasteiger partial charge in [-0.15, -0.1) is 0 Å². The zero-order valence-corrected chi connectivity index (χ0v) is 27.5. The zero-order chi connectivity index (χ0) is 32.0. The Morgan fingerprint density at radius 1 is 1.22 bits per heavy atom. The van der Waals surface area contributed by atoms with Gasteiger partial charge in [0.05, 0.1) is 12.2 Å². The summed E-state index contributed by atoms with van der Waals surface area (Å²) in [4.78, 5) is 15.2. The zero-order valence-electron chi connectivity index (χ0n) is 27.5. The summed E-state index contributed by atoms with van der Waals surface area (Å²) >= 11 is 0. The number of fused-ring (bicyclic) bond motifs is 1. The monoisotopic (exact) mass is 622 g/mol. The van der Waals surface area contributed by atoms with E-state index >= 15 is 8.78 Å². The van der Waals surface area contributed by atoms with Crippen molar-refractivity contribution in [2.75, 3.05) is 58.7 Å². The van der Waals surface area contributed by atoms with Gasteiger partial charge in [-0.1, -0.05) is 63.5 Å². The van der Waals surface area contributed by atoms with Gasteiger partial charge in [-0.05, 0) is 61.6 Å². The fourth-order valence-electron chi connectivity index (χ4n) is 6.50. The van der Waals surface area contributed by atoms with Crippen molar-refractivity contribution < 1.29 is 8.78 Å². The van der Waals surface area contributed by atoms with Crippen LogP contribution in [0.15, 0.2) is 64.5 Å². The smallest absolute Gasteiger partial charge is 0.223 e. The van der Waals surface area contributed by atoms with Gasteiger partial charge in [-0.25, -0.2) is 24.2 Å². The standard InChI is InChI=1S/C35H52F2N8/c1-5-21-45(6-2)22-20-39-24-26(23-38-3)12-10-11-19-40-35-41-25-31(37)32(42-35)27-15-17-29-33(30(36)18-16-27)43-44(4)34(29)28-13-8-7-9-14-28/h10-12,15-16,18,23,25,28,30,33,39,43H,5-9,13-14,17,19-22,24H2,1-4H3,(H,40,41,42)/b11-10+,18-16?,26-12+,27-15+,38-23-. The molecular formula is C35H52F2N8. The number of hydrogen-bond acceptors (Lipinski definition) is 8.